The number of benzene rings is 1. The minimum absolute atomic E-state index is 0.0365. The molecule has 0 spiro atoms. The molecule has 4 aromatic rings. The molecule has 2 aliphatic heterocycles. The zero-order chi connectivity index (χ0) is 28.7. The van der Waals surface area contributed by atoms with Crippen LogP contribution in [0, 0.1) is 5.92 Å². The molecule has 1 atom stereocenters. The molecule has 1 N–H and O–H groups in total. The van der Waals surface area contributed by atoms with Gasteiger partial charge in [-0.15, -0.1) is 0 Å². The fourth-order valence-electron chi connectivity index (χ4n) is 4.94. The smallest absolute Gasteiger partial charge is 0.437 e. The van der Waals surface area contributed by atoms with Crippen LogP contribution in [-0.2, 0) is 15.7 Å². The minimum atomic E-state index is -4.73. The molecule has 0 aliphatic carbocycles. The molecule has 2 fully saturated rings. The minimum Gasteiger partial charge on any atom is -0.507 e. The van der Waals surface area contributed by atoms with Crippen molar-refractivity contribution in [2.75, 3.05) is 39.4 Å². The van der Waals surface area contributed by atoms with Crippen LogP contribution in [0.5, 0.6) is 17.4 Å². The van der Waals surface area contributed by atoms with E-state index in [0.717, 1.165) is 6.26 Å². The van der Waals surface area contributed by atoms with E-state index in [-0.39, 0.29) is 51.7 Å². The van der Waals surface area contributed by atoms with Crippen molar-refractivity contribution in [1.82, 2.24) is 29.3 Å². The lowest BCUT2D eigenvalue weighted by atomic mass is 10.1. The van der Waals surface area contributed by atoms with Crippen LogP contribution in [-0.4, -0.2) is 85.6 Å². The molecule has 1 aromatic carbocycles. The zero-order valence-electron chi connectivity index (χ0n) is 21.4. The van der Waals surface area contributed by atoms with Crippen LogP contribution in [0.2, 0.25) is 0 Å². The second-order valence-electron chi connectivity index (χ2n) is 9.60. The molecule has 0 unspecified atom stereocenters. The average molecular weight is 572 g/mol. The number of rotatable bonds is 5. The summed E-state index contributed by atoms with van der Waals surface area (Å²) in [6, 6.07) is 4.11. The molecule has 15 heteroatoms. The Morgan fingerprint density at radius 3 is 2.59 bits per heavy atom. The van der Waals surface area contributed by atoms with Crippen LogP contribution in [0.15, 0.2) is 47.6 Å². The van der Waals surface area contributed by atoms with Crippen LogP contribution in [0.1, 0.15) is 22.5 Å². The van der Waals surface area contributed by atoms with Crippen molar-refractivity contribution in [2.24, 2.45) is 5.92 Å². The van der Waals surface area contributed by atoms with Crippen molar-refractivity contribution in [2.45, 2.75) is 12.6 Å². The zero-order valence-corrected chi connectivity index (χ0v) is 21.4. The number of piperazine rings is 1. The summed E-state index contributed by atoms with van der Waals surface area (Å²) in [7, 11) is 0. The molecular weight excluding hydrogens is 549 g/mol. The number of aromatic hydroxyl groups is 1. The van der Waals surface area contributed by atoms with Crippen molar-refractivity contribution in [3.63, 3.8) is 0 Å². The third kappa shape index (κ3) is 5.03. The van der Waals surface area contributed by atoms with Gasteiger partial charge in [0.15, 0.2) is 5.69 Å². The van der Waals surface area contributed by atoms with Gasteiger partial charge in [-0.25, -0.2) is 9.97 Å². The number of carbonyl (C=O) groups is 2. The van der Waals surface area contributed by atoms with E-state index in [4.69, 9.17) is 9.47 Å². The Morgan fingerprint density at radius 2 is 1.88 bits per heavy atom. The molecule has 2 amide bonds. The number of amides is 2. The van der Waals surface area contributed by atoms with E-state index < -0.39 is 17.8 Å². The Kier molecular flexibility index (Phi) is 6.73. The molecule has 41 heavy (non-hydrogen) atoms. The van der Waals surface area contributed by atoms with E-state index >= 15 is 0 Å². The first-order chi connectivity index (χ1) is 19.7. The number of alkyl halides is 3. The van der Waals surface area contributed by atoms with Crippen LogP contribution in [0.25, 0.3) is 16.9 Å². The SMILES string of the molecule is O=C(c1ccc(Oc2nccn3c(-c4conc4C(F)(F)F)cnc23)cc1O)N1CCN(C(=O)[C@H]2CCOC2)CC1. The number of halogens is 3. The highest BCUT2D eigenvalue weighted by atomic mass is 19.4. The van der Waals surface area contributed by atoms with E-state index in [1.54, 1.807) is 9.80 Å². The number of hydrogen-bond acceptors (Lipinski definition) is 9. The maximum Gasteiger partial charge on any atom is 0.437 e. The number of carbonyl (C=O) groups excluding carboxylic acids is 2. The van der Waals surface area contributed by atoms with Crippen molar-refractivity contribution in [3.8, 4) is 28.6 Å². The first kappa shape index (κ1) is 26.6. The summed E-state index contributed by atoms with van der Waals surface area (Å²) in [6.07, 6.45) is 0.781. The normalized spacial score (nSPS) is 17.8. The van der Waals surface area contributed by atoms with Crippen molar-refractivity contribution < 1.29 is 41.9 Å². The molecular formula is C26H23F3N6O6. The molecule has 12 nitrogen and oxygen atoms in total. The molecule has 0 saturated carbocycles. The number of phenols is 1. The molecule has 2 saturated heterocycles. The third-order valence-electron chi connectivity index (χ3n) is 7.08. The fourth-order valence-corrected chi connectivity index (χ4v) is 4.94. The Hall–Kier alpha value is -4.66. The lowest BCUT2D eigenvalue weighted by Crippen LogP contribution is -2.52. The van der Waals surface area contributed by atoms with Gasteiger partial charge < -0.3 is 28.9 Å². The lowest BCUT2D eigenvalue weighted by molar-refractivity contribution is -0.142. The largest absolute Gasteiger partial charge is 0.507 e. The van der Waals surface area contributed by atoms with Crippen molar-refractivity contribution >= 4 is 17.5 Å². The van der Waals surface area contributed by atoms with E-state index in [0.29, 0.717) is 45.8 Å². The second kappa shape index (κ2) is 10.4. The average Bonchev–Trinajstić information content (AvgIpc) is 3.73. The van der Waals surface area contributed by atoms with Gasteiger partial charge in [-0.1, -0.05) is 5.16 Å². The summed E-state index contributed by atoms with van der Waals surface area (Å²) in [5, 5.41) is 13.7. The number of imidazole rings is 1. The third-order valence-corrected chi connectivity index (χ3v) is 7.08. The fraction of sp³-hybridized carbons (Fsp3) is 0.346. The van der Waals surface area contributed by atoms with Crippen molar-refractivity contribution in [1.29, 1.82) is 0 Å². The number of hydrogen-bond donors (Lipinski definition) is 1. The molecule has 3 aromatic heterocycles. The second-order valence-corrected chi connectivity index (χ2v) is 9.60. The van der Waals surface area contributed by atoms with Gasteiger partial charge in [0, 0.05) is 51.2 Å². The summed E-state index contributed by atoms with van der Waals surface area (Å²) in [4.78, 5) is 37.3. The summed E-state index contributed by atoms with van der Waals surface area (Å²) in [5.74, 6) is -0.741. The molecule has 6 rings (SSSR count). The van der Waals surface area contributed by atoms with Gasteiger partial charge in [0.1, 0.15) is 17.8 Å². The van der Waals surface area contributed by atoms with Crippen LogP contribution in [0.3, 0.4) is 0 Å². The topological polar surface area (TPSA) is 136 Å². The number of nitrogens with zero attached hydrogens (tertiary/aromatic N) is 6. The van der Waals surface area contributed by atoms with Gasteiger partial charge in [0.2, 0.25) is 11.6 Å². The Bertz CT molecular complexity index is 1600. The van der Waals surface area contributed by atoms with Crippen LogP contribution < -0.4 is 4.74 Å². The lowest BCUT2D eigenvalue weighted by Gasteiger charge is -2.36. The molecule has 5 heterocycles. The number of fused-ring (bicyclic) bond motifs is 1. The predicted molar refractivity (Wildman–Crippen MR) is 133 cm³/mol. The summed E-state index contributed by atoms with van der Waals surface area (Å²) >= 11 is 0. The number of phenolic OH excluding ortho intramolecular Hbond substituents is 1. The van der Waals surface area contributed by atoms with E-state index in [2.05, 4.69) is 19.6 Å². The van der Waals surface area contributed by atoms with Gasteiger partial charge in [0.25, 0.3) is 11.8 Å². The summed E-state index contributed by atoms with van der Waals surface area (Å²) in [5.41, 5.74) is -1.28. The van der Waals surface area contributed by atoms with Crippen LogP contribution >= 0.6 is 0 Å². The van der Waals surface area contributed by atoms with Gasteiger partial charge >= 0.3 is 6.18 Å². The van der Waals surface area contributed by atoms with Gasteiger partial charge in [-0.2, -0.15) is 13.2 Å². The Balaban J connectivity index is 1.16. The molecule has 0 bridgehead atoms. The number of aromatic nitrogens is 4. The maximum atomic E-state index is 13.3. The van der Waals surface area contributed by atoms with E-state index in [1.165, 1.54) is 41.2 Å². The molecule has 0 radical (unpaired) electrons. The maximum absolute atomic E-state index is 13.3. The highest BCUT2D eigenvalue weighted by Gasteiger charge is 2.39. The number of ether oxygens (including phenoxy) is 2. The Labute approximate surface area is 229 Å². The predicted octanol–water partition coefficient (Wildman–Crippen LogP) is 3.22. The molecule has 214 valence electrons. The van der Waals surface area contributed by atoms with E-state index in [9.17, 15) is 27.9 Å². The van der Waals surface area contributed by atoms with Gasteiger partial charge in [-0.05, 0) is 18.6 Å². The van der Waals surface area contributed by atoms with Crippen LogP contribution in [0.4, 0.5) is 13.2 Å². The van der Waals surface area contributed by atoms with Gasteiger partial charge in [0.05, 0.1) is 35.5 Å². The Morgan fingerprint density at radius 1 is 1.10 bits per heavy atom. The molecule has 2 aliphatic rings. The van der Waals surface area contributed by atoms with Gasteiger partial charge in [-0.3, -0.25) is 14.0 Å². The first-order valence-electron chi connectivity index (χ1n) is 12.7. The summed E-state index contributed by atoms with van der Waals surface area (Å²) in [6.45, 7) is 2.44. The highest BCUT2D eigenvalue weighted by Crippen LogP contribution is 2.37. The van der Waals surface area contributed by atoms with E-state index in [1.807, 2.05) is 0 Å². The highest BCUT2D eigenvalue weighted by molar-refractivity contribution is 5.97. The van der Waals surface area contributed by atoms with Crippen molar-refractivity contribution in [3.05, 3.63) is 54.3 Å². The monoisotopic (exact) mass is 572 g/mol. The summed E-state index contributed by atoms with van der Waals surface area (Å²) < 4.78 is 57.0. The quantitative estimate of drug-likeness (QED) is 0.382. The standard InChI is InChI=1S/C26H23F3N6O6/c27-26(28,29)21-18(14-40-32-21)19-12-31-22-23(30-4-5-35(19)22)41-16-1-2-17(20(36)11-16)25(38)34-8-6-33(7-9-34)24(37)15-3-10-39-13-15/h1-2,4-5,11-12,14-15,36H,3,6-10,13H2/t15-/m0/s1. The first-order valence-corrected chi connectivity index (χ1v) is 12.7.